The van der Waals surface area contributed by atoms with Gasteiger partial charge in [-0.05, 0) is 31.2 Å². The standard InChI is InChI=1S/C16H22O/c1-13-5-4-8-15(11-13)12-16(17)10-9-14-6-2-3-7-14/h4-5,8-11,14,16-17H,2-3,6-7,12H2,1H3/b10-9+/t16-/m0/s1. The zero-order valence-electron chi connectivity index (χ0n) is 10.6. The Balaban J connectivity index is 1.86. The third kappa shape index (κ3) is 4.01. The molecule has 1 saturated carbocycles. The van der Waals surface area contributed by atoms with Crippen molar-refractivity contribution in [2.24, 2.45) is 5.92 Å². The molecule has 1 nitrogen and oxygen atoms in total. The van der Waals surface area contributed by atoms with Crippen molar-refractivity contribution < 1.29 is 5.11 Å². The van der Waals surface area contributed by atoms with E-state index in [4.69, 9.17) is 0 Å². The second-order valence-corrected chi connectivity index (χ2v) is 5.19. The predicted molar refractivity (Wildman–Crippen MR) is 72.0 cm³/mol. The Morgan fingerprint density at radius 3 is 2.82 bits per heavy atom. The first-order chi connectivity index (χ1) is 8.24. The summed E-state index contributed by atoms with van der Waals surface area (Å²) in [4.78, 5) is 0. The van der Waals surface area contributed by atoms with Crippen LogP contribution in [0.15, 0.2) is 36.4 Å². The van der Waals surface area contributed by atoms with E-state index in [1.54, 1.807) is 0 Å². The summed E-state index contributed by atoms with van der Waals surface area (Å²) in [6.07, 6.45) is 9.89. The summed E-state index contributed by atoms with van der Waals surface area (Å²) in [6, 6.07) is 8.37. The van der Waals surface area contributed by atoms with E-state index in [2.05, 4.69) is 37.3 Å². The lowest BCUT2D eigenvalue weighted by atomic mass is 10.0. The monoisotopic (exact) mass is 230 g/mol. The minimum Gasteiger partial charge on any atom is -0.389 e. The summed E-state index contributed by atoms with van der Waals surface area (Å²) in [5, 5.41) is 9.97. The normalized spacial score (nSPS) is 18.9. The van der Waals surface area contributed by atoms with Crippen molar-refractivity contribution in [1.29, 1.82) is 0 Å². The van der Waals surface area contributed by atoms with E-state index in [1.165, 1.54) is 36.8 Å². The number of aliphatic hydroxyl groups excluding tert-OH is 1. The number of hydrogen-bond acceptors (Lipinski definition) is 1. The van der Waals surface area contributed by atoms with E-state index < -0.39 is 0 Å². The Bertz CT molecular complexity index is 375. The highest BCUT2D eigenvalue weighted by Crippen LogP contribution is 2.25. The zero-order chi connectivity index (χ0) is 12.1. The van der Waals surface area contributed by atoms with Gasteiger partial charge in [0, 0.05) is 6.42 Å². The Labute approximate surface area is 104 Å². The topological polar surface area (TPSA) is 20.2 Å². The van der Waals surface area contributed by atoms with Gasteiger partial charge in [-0.1, -0.05) is 54.8 Å². The fourth-order valence-corrected chi connectivity index (χ4v) is 2.58. The quantitative estimate of drug-likeness (QED) is 0.783. The first-order valence-electron chi connectivity index (χ1n) is 6.66. The molecule has 0 unspecified atom stereocenters. The smallest absolute Gasteiger partial charge is 0.0761 e. The van der Waals surface area contributed by atoms with Crippen molar-refractivity contribution in [3.8, 4) is 0 Å². The fourth-order valence-electron chi connectivity index (χ4n) is 2.58. The van der Waals surface area contributed by atoms with Crippen LogP contribution in [0.5, 0.6) is 0 Å². The second kappa shape index (κ2) is 6.02. The molecule has 2 rings (SSSR count). The third-order valence-electron chi connectivity index (χ3n) is 3.53. The number of benzene rings is 1. The lowest BCUT2D eigenvalue weighted by molar-refractivity contribution is 0.223. The molecule has 0 aromatic heterocycles. The van der Waals surface area contributed by atoms with Crippen LogP contribution in [0.1, 0.15) is 36.8 Å². The molecule has 1 N–H and O–H groups in total. The summed E-state index contributed by atoms with van der Waals surface area (Å²) < 4.78 is 0. The van der Waals surface area contributed by atoms with Crippen molar-refractivity contribution in [3.63, 3.8) is 0 Å². The first-order valence-corrected chi connectivity index (χ1v) is 6.66. The van der Waals surface area contributed by atoms with Crippen molar-refractivity contribution in [2.75, 3.05) is 0 Å². The molecule has 1 heteroatoms. The van der Waals surface area contributed by atoms with Gasteiger partial charge in [-0.2, -0.15) is 0 Å². The van der Waals surface area contributed by atoms with Gasteiger partial charge in [-0.25, -0.2) is 0 Å². The minimum atomic E-state index is -0.336. The number of rotatable bonds is 4. The Morgan fingerprint density at radius 1 is 1.35 bits per heavy atom. The summed E-state index contributed by atoms with van der Waals surface area (Å²) >= 11 is 0. The molecule has 0 radical (unpaired) electrons. The summed E-state index contributed by atoms with van der Waals surface area (Å²) in [7, 11) is 0. The fraction of sp³-hybridized carbons (Fsp3) is 0.500. The number of allylic oxidation sites excluding steroid dienone is 1. The van der Waals surface area contributed by atoms with Crippen LogP contribution < -0.4 is 0 Å². The molecule has 0 aliphatic heterocycles. The van der Waals surface area contributed by atoms with Gasteiger partial charge in [-0.3, -0.25) is 0 Å². The van der Waals surface area contributed by atoms with Gasteiger partial charge < -0.3 is 5.11 Å². The van der Waals surface area contributed by atoms with E-state index in [-0.39, 0.29) is 6.10 Å². The van der Waals surface area contributed by atoms with Gasteiger partial charge in [0.1, 0.15) is 0 Å². The number of aryl methyl sites for hydroxylation is 1. The molecule has 0 heterocycles. The van der Waals surface area contributed by atoms with Gasteiger partial charge in [0.05, 0.1) is 6.10 Å². The SMILES string of the molecule is Cc1cccc(C[C@@H](O)/C=C/C2CCCC2)c1. The average Bonchev–Trinajstić information content (AvgIpc) is 2.79. The molecule has 1 fully saturated rings. The maximum absolute atomic E-state index is 9.97. The molecule has 17 heavy (non-hydrogen) atoms. The van der Waals surface area contributed by atoms with Crippen LogP contribution in [0.4, 0.5) is 0 Å². The van der Waals surface area contributed by atoms with Crippen LogP contribution >= 0.6 is 0 Å². The predicted octanol–water partition coefficient (Wildman–Crippen LogP) is 3.64. The summed E-state index contributed by atoms with van der Waals surface area (Å²) in [6.45, 7) is 2.09. The molecule has 0 saturated heterocycles. The lowest BCUT2D eigenvalue weighted by Gasteiger charge is -2.08. The van der Waals surface area contributed by atoms with Crippen LogP contribution in [0.3, 0.4) is 0 Å². The van der Waals surface area contributed by atoms with E-state index in [1.807, 2.05) is 6.08 Å². The Kier molecular flexibility index (Phi) is 4.38. The lowest BCUT2D eigenvalue weighted by Crippen LogP contribution is -2.07. The summed E-state index contributed by atoms with van der Waals surface area (Å²) in [5.74, 6) is 0.710. The first kappa shape index (κ1) is 12.4. The van der Waals surface area contributed by atoms with Crippen molar-refractivity contribution in [1.82, 2.24) is 0 Å². The minimum absolute atomic E-state index is 0.336. The molecule has 1 aliphatic carbocycles. The molecule has 0 bridgehead atoms. The molecule has 0 spiro atoms. The summed E-state index contributed by atoms with van der Waals surface area (Å²) in [5.41, 5.74) is 2.48. The van der Waals surface area contributed by atoms with Gasteiger partial charge in [0.25, 0.3) is 0 Å². The van der Waals surface area contributed by atoms with Crippen LogP contribution in [0, 0.1) is 12.8 Å². The maximum atomic E-state index is 9.97. The zero-order valence-corrected chi connectivity index (χ0v) is 10.6. The Hall–Kier alpha value is -1.08. The van der Waals surface area contributed by atoms with Gasteiger partial charge >= 0.3 is 0 Å². The number of hydrogen-bond donors (Lipinski definition) is 1. The van der Waals surface area contributed by atoms with Crippen LogP contribution in [0.25, 0.3) is 0 Å². The largest absolute Gasteiger partial charge is 0.389 e. The van der Waals surface area contributed by atoms with E-state index >= 15 is 0 Å². The number of aliphatic hydroxyl groups is 1. The maximum Gasteiger partial charge on any atom is 0.0761 e. The average molecular weight is 230 g/mol. The van der Waals surface area contributed by atoms with Crippen LogP contribution in [-0.4, -0.2) is 11.2 Å². The molecule has 1 aliphatic rings. The van der Waals surface area contributed by atoms with E-state index in [0.717, 1.165) is 6.42 Å². The van der Waals surface area contributed by atoms with Gasteiger partial charge in [0.2, 0.25) is 0 Å². The van der Waals surface area contributed by atoms with E-state index in [0.29, 0.717) is 5.92 Å². The Morgan fingerprint density at radius 2 is 2.12 bits per heavy atom. The second-order valence-electron chi connectivity index (χ2n) is 5.19. The third-order valence-corrected chi connectivity index (χ3v) is 3.53. The molecular weight excluding hydrogens is 208 g/mol. The molecule has 0 amide bonds. The van der Waals surface area contributed by atoms with Crippen LogP contribution in [0.2, 0.25) is 0 Å². The van der Waals surface area contributed by atoms with Gasteiger partial charge in [-0.15, -0.1) is 0 Å². The highest BCUT2D eigenvalue weighted by molar-refractivity contribution is 5.23. The molecule has 1 atom stereocenters. The van der Waals surface area contributed by atoms with Crippen molar-refractivity contribution in [2.45, 2.75) is 45.1 Å². The van der Waals surface area contributed by atoms with Gasteiger partial charge in [0.15, 0.2) is 0 Å². The van der Waals surface area contributed by atoms with E-state index in [9.17, 15) is 5.11 Å². The molecule has 1 aromatic carbocycles. The van der Waals surface area contributed by atoms with Crippen LogP contribution in [-0.2, 0) is 6.42 Å². The molecule has 92 valence electrons. The highest BCUT2D eigenvalue weighted by atomic mass is 16.3. The molecule has 1 aromatic rings. The highest BCUT2D eigenvalue weighted by Gasteiger charge is 2.12. The van der Waals surface area contributed by atoms with Crippen molar-refractivity contribution >= 4 is 0 Å². The molecular formula is C16H22O. The van der Waals surface area contributed by atoms with Crippen molar-refractivity contribution in [3.05, 3.63) is 47.5 Å².